The summed E-state index contributed by atoms with van der Waals surface area (Å²) in [5.41, 5.74) is 0. The summed E-state index contributed by atoms with van der Waals surface area (Å²) >= 11 is 1.76. The van der Waals surface area contributed by atoms with Crippen LogP contribution < -0.4 is 0 Å². The van der Waals surface area contributed by atoms with E-state index in [1.165, 1.54) is 6.42 Å². The van der Waals surface area contributed by atoms with Crippen LogP contribution >= 0.6 is 11.8 Å². The fourth-order valence-electron chi connectivity index (χ4n) is 7.56. The fourth-order valence-corrected chi connectivity index (χ4v) is 9.77. The Morgan fingerprint density at radius 2 is 1.82 bits per heavy atom. The monoisotopic (exact) mass is 545 g/mol. The Labute approximate surface area is 233 Å². The minimum absolute atomic E-state index is 0.0161. The first kappa shape index (κ1) is 29.2. The number of nitrogens with zero attached hydrogens (tertiary/aromatic N) is 3. The zero-order chi connectivity index (χ0) is 27.3. The van der Waals surface area contributed by atoms with E-state index >= 15 is 0 Å². The summed E-state index contributed by atoms with van der Waals surface area (Å²) in [5.74, 6) is -0.752. The first-order valence-corrected chi connectivity index (χ1v) is 15.7. The zero-order valence-corrected chi connectivity index (χ0v) is 24.0. The minimum atomic E-state index is -0.545. The predicted molar refractivity (Wildman–Crippen MR) is 153 cm³/mol. The quantitative estimate of drug-likeness (QED) is 0.264. The van der Waals surface area contributed by atoms with Gasteiger partial charge in [-0.05, 0) is 51.4 Å². The highest BCUT2D eigenvalue weighted by atomic mass is 32.2. The van der Waals surface area contributed by atoms with Crippen molar-refractivity contribution in [3.63, 3.8) is 0 Å². The molecule has 4 rings (SSSR count). The van der Waals surface area contributed by atoms with E-state index in [0.29, 0.717) is 32.6 Å². The SMILES string of the molecule is C=CCN(CCC)C(=O)[C@@H]1[C@H]2C(=O)N(CCCCCO)C(C(=O)N(CC=C)C3CCCCC3)C23CC[C@H]1S3. The maximum Gasteiger partial charge on any atom is 0.247 e. The number of carbonyl (C=O) groups is 3. The average Bonchev–Trinajstić information content (AvgIpc) is 3.57. The summed E-state index contributed by atoms with van der Waals surface area (Å²) in [6.45, 7) is 12.1. The van der Waals surface area contributed by atoms with Gasteiger partial charge in [0.1, 0.15) is 6.04 Å². The van der Waals surface area contributed by atoms with Crippen LogP contribution in [0.4, 0.5) is 0 Å². The number of fused-ring (bicyclic) bond motifs is 1. The second-order valence-electron chi connectivity index (χ2n) is 11.5. The van der Waals surface area contributed by atoms with Crippen molar-refractivity contribution in [1.29, 1.82) is 0 Å². The largest absolute Gasteiger partial charge is 0.396 e. The Kier molecular flexibility index (Phi) is 10.0. The van der Waals surface area contributed by atoms with Crippen molar-refractivity contribution in [1.82, 2.24) is 14.7 Å². The molecule has 0 aromatic rings. The number of aliphatic hydroxyl groups excluding tert-OH is 1. The van der Waals surface area contributed by atoms with Crippen LogP contribution in [0.25, 0.3) is 0 Å². The molecule has 3 aliphatic heterocycles. The van der Waals surface area contributed by atoms with Crippen molar-refractivity contribution in [2.75, 3.05) is 32.8 Å². The molecule has 8 heteroatoms. The van der Waals surface area contributed by atoms with Gasteiger partial charge < -0.3 is 19.8 Å². The van der Waals surface area contributed by atoms with Gasteiger partial charge in [-0.25, -0.2) is 0 Å². The van der Waals surface area contributed by atoms with E-state index < -0.39 is 16.7 Å². The van der Waals surface area contributed by atoms with E-state index in [4.69, 9.17) is 0 Å². The molecule has 0 aromatic heterocycles. The summed E-state index contributed by atoms with van der Waals surface area (Å²) in [6.07, 6.45) is 13.8. The van der Waals surface area contributed by atoms with Crippen LogP contribution in [0, 0.1) is 11.8 Å². The van der Waals surface area contributed by atoms with Crippen LogP contribution in [-0.2, 0) is 14.4 Å². The Balaban J connectivity index is 1.68. The molecular weight excluding hydrogens is 498 g/mol. The van der Waals surface area contributed by atoms with Crippen molar-refractivity contribution in [2.45, 2.75) is 99.6 Å². The second kappa shape index (κ2) is 13.0. The number of thioether (sulfide) groups is 1. The van der Waals surface area contributed by atoms with Crippen LogP contribution in [-0.4, -0.2) is 92.4 Å². The lowest BCUT2D eigenvalue weighted by Gasteiger charge is -2.41. The van der Waals surface area contributed by atoms with Gasteiger partial charge in [-0.15, -0.1) is 24.9 Å². The molecular formula is C30H47N3O4S. The molecule has 3 saturated heterocycles. The molecule has 5 atom stereocenters. The number of likely N-dealkylation sites (tertiary alicyclic amines) is 1. The summed E-state index contributed by atoms with van der Waals surface area (Å²) in [6, 6.07) is -0.354. The molecule has 1 N–H and O–H groups in total. The maximum atomic E-state index is 14.5. The Morgan fingerprint density at radius 3 is 2.47 bits per heavy atom. The normalized spacial score (nSPS) is 30.4. The number of amides is 3. The predicted octanol–water partition coefficient (Wildman–Crippen LogP) is 4.01. The van der Waals surface area contributed by atoms with Gasteiger partial charge in [0.05, 0.1) is 16.6 Å². The third-order valence-electron chi connectivity index (χ3n) is 9.16. The fraction of sp³-hybridized carbons (Fsp3) is 0.767. The molecule has 1 spiro atoms. The molecule has 1 saturated carbocycles. The van der Waals surface area contributed by atoms with Crippen molar-refractivity contribution in [3.05, 3.63) is 25.3 Å². The van der Waals surface area contributed by atoms with E-state index in [1.807, 2.05) is 20.8 Å². The summed E-state index contributed by atoms with van der Waals surface area (Å²) in [7, 11) is 0. The first-order chi connectivity index (χ1) is 18.4. The van der Waals surface area contributed by atoms with E-state index in [2.05, 4.69) is 20.1 Å². The first-order valence-electron chi connectivity index (χ1n) is 14.8. The number of hydrogen-bond acceptors (Lipinski definition) is 5. The molecule has 1 aliphatic carbocycles. The average molecular weight is 546 g/mol. The lowest BCUT2D eigenvalue weighted by Crippen LogP contribution is -2.57. The van der Waals surface area contributed by atoms with Gasteiger partial charge in [-0.2, -0.15) is 0 Å². The number of carbonyl (C=O) groups excluding carboxylic acids is 3. The van der Waals surface area contributed by atoms with Gasteiger partial charge in [0.15, 0.2) is 0 Å². The number of aliphatic hydroxyl groups is 1. The van der Waals surface area contributed by atoms with E-state index in [-0.39, 0.29) is 41.5 Å². The van der Waals surface area contributed by atoms with Crippen molar-refractivity contribution < 1.29 is 19.5 Å². The molecule has 2 bridgehead atoms. The van der Waals surface area contributed by atoms with Crippen LogP contribution in [0.5, 0.6) is 0 Å². The van der Waals surface area contributed by atoms with Crippen LogP contribution in [0.2, 0.25) is 0 Å². The van der Waals surface area contributed by atoms with E-state index in [9.17, 15) is 19.5 Å². The lowest BCUT2D eigenvalue weighted by atomic mass is 9.70. The summed E-state index contributed by atoms with van der Waals surface area (Å²) in [5, 5.41) is 9.35. The molecule has 4 fully saturated rings. The van der Waals surface area contributed by atoms with Crippen LogP contribution in [0.15, 0.2) is 25.3 Å². The molecule has 3 amide bonds. The summed E-state index contributed by atoms with van der Waals surface area (Å²) < 4.78 is -0.545. The van der Waals surface area contributed by atoms with Gasteiger partial charge in [-0.1, -0.05) is 38.3 Å². The van der Waals surface area contributed by atoms with Crippen LogP contribution in [0.3, 0.4) is 0 Å². The Hall–Kier alpha value is -1.80. The molecule has 2 unspecified atom stereocenters. The highest BCUT2D eigenvalue weighted by Gasteiger charge is 2.74. The number of unbranched alkanes of at least 4 members (excludes halogenated alkanes) is 2. The molecule has 3 heterocycles. The van der Waals surface area contributed by atoms with Crippen molar-refractivity contribution in [2.24, 2.45) is 11.8 Å². The molecule has 4 aliphatic rings. The third-order valence-corrected chi connectivity index (χ3v) is 11.1. The van der Waals surface area contributed by atoms with Gasteiger partial charge in [0, 0.05) is 44.1 Å². The van der Waals surface area contributed by atoms with E-state index in [0.717, 1.165) is 57.8 Å². The highest BCUT2D eigenvalue weighted by Crippen LogP contribution is 2.66. The third kappa shape index (κ3) is 5.32. The maximum absolute atomic E-state index is 14.5. The van der Waals surface area contributed by atoms with Crippen molar-refractivity contribution in [3.8, 4) is 0 Å². The molecule has 7 nitrogen and oxygen atoms in total. The smallest absolute Gasteiger partial charge is 0.247 e. The second-order valence-corrected chi connectivity index (χ2v) is 13.1. The minimum Gasteiger partial charge on any atom is -0.396 e. The number of hydrogen-bond donors (Lipinski definition) is 1. The topological polar surface area (TPSA) is 81.2 Å². The summed E-state index contributed by atoms with van der Waals surface area (Å²) in [4.78, 5) is 48.4. The molecule has 212 valence electrons. The molecule has 0 radical (unpaired) electrons. The molecule has 0 aromatic carbocycles. The standard InChI is InChI=1S/C30H47N3O4S/c1-4-17-31(18-5-2)27(35)24-23-15-16-30(38-23)25(24)28(36)33(20-11-8-12-21-34)26(30)29(37)32(19-6-3)22-13-9-7-10-14-22/h4,6,22-26,34H,1,3,5,7-21H2,2H3/t23-,24+,25+,26?,30?/m1/s1. The number of rotatable bonds is 14. The van der Waals surface area contributed by atoms with Crippen LogP contribution in [0.1, 0.15) is 77.6 Å². The van der Waals surface area contributed by atoms with Gasteiger partial charge in [0.2, 0.25) is 17.7 Å². The van der Waals surface area contributed by atoms with Crippen molar-refractivity contribution >= 4 is 29.5 Å². The zero-order valence-electron chi connectivity index (χ0n) is 23.2. The van der Waals surface area contributed by atoms with Gasteiger partial charge in [-0.3, -0.25) is 14.4 Å². The van der Waals surface area contributed by atoms with Gasteiger partial charge in [0.25, 0.3) is 0 Å². The van der Waals surface area contributed by atoms with E-state index in [1.54, 1.807) is 17.8 Å². The highest BCUT2D eigenvalue weighted by molar-refractivity contribution is 8.02. The Morgan fingerprint density at radius 1 is 1.08 bits per heavy atom. The lowest BCUT2D eigenvalue weighted by molar-refractivity contribution is -0.145. The Bertz CT molecular complexity index is 891. The van der Waals surface area contributed by atoms with Gasteiger partial charge >= 0.3 is 0 Å². The molecule has 38 heavy (non-hydrogen) atoms.